The molecule has 0 amide bonds. The van der Waals surface area contributed by atoms with Crippen molar-refractivity contribution in [2.24, 2.45) is 0 Å². The monoisotopic (exact) mass is 301 g/mol. The number of methoxy groups -OCH3 is 1. The highest BCUT2D eigenvalue weighted by atomic mass is 35.5. The number of rotatable bonds is 5. The van der Waals surface area contributed by atoms with Gasteiger partial charge in [-0.05, 0) is 24.3 Å². The van der Waals surface area contributed by atoms with E-state index in [1.165, 1.54) is 0 Å². The molecule has 4 nitrogen and oxygen atoms in total. The van der Waals surface area contributed by atoms with Crippen LogP contribution in [-0.4, -0.2) is 27.5 Å². The van der Waals surface area contributed by atoms with Crippen molar-refractivity contribution in [3.8, 4) is 5.75 Å². The molecule has 3 rings (SSSR count). The summed E-state index contributed by atoms with van der Waals surface area (Å²) in [4.78, 5) is 9.07. The molecule has 2 heterocycles. The first-order valence-electron chi connectivity index (χ1n) is 6.81. The molecule has 0 fully saturated rings. The second-order valence-corrected chi connectivity index (χ2v) is 5.11. The minimum Gasteiger partial charge on any atom is -0.497 e. The van der Waals surface area contributed by atoms with Gasteiger partial charge in [-0.2, -0.15) is 0 Å². The van der Waals surface area contributed by atoms with E-state index >= 15 is 0 Å². The van der Waals surface area contributed by atoms with Gasteiger partial charge in [-0.25, -0.2) is 4.98 Å². The third-order valence-corrected chi connectivity index (χ3v) is 3.59. The topological polar surface area (TPSA) is 39.9 Å². The Labute approximate surface area is 128 Å². The molecule has 2 aromatic heterocycles. The Kier molecular flexibility index (Phi) is 4.06. The van der Waals surface area contributed by atoms with Crippen LogP contribution in [0.25, 0.3) is 11.0 Å². The second-order valence-electron chi connectivity index (χ2n) is 4.73. The van der Waals surface area contributed by atoms with E-state index in [1.807, 2.05) is 36.4 Å². The summed E-state index contributed by atoms with van der Waals surface area (Å²) in [6, 6.07) is 11.8. The van der Waals surface area contributed by atoms with Gasteiger partial charge < -0.3 is 9.30 Å². The number of alkyl halides is 1. The zero-order valence-electron chi connectivity index (χ0n) is 11.8. The first-order valence-corrected chi connectivity index (χ1v) is 7.34. The molecule has 0 atom stereocenters. The van der Waals surface area contributed by atoms with Crippen molar-refractivity contribution in [1.82, 2.24) is 14.5 Å². The van der Waals surface area contributed by atoms with Crippen molar-refractivity contribution in [2.45, 2.75) is 13.0 Å². The standard InChI is InChI=1S/C16H16ClN3O/c1-21-13-5-6-15-14(10-13)19-16(7-8-17)20(15)11-12-4-2-3-9-18-12/h2-6,9-10H,7-8,11H2,1H3. The van der Waals surface area contributed by atoms with Crippen LogP contribution in [0.3, 0.4) is 0 Å². The maximum atomic E-state index is 5.90. The fourth-order valence-corrected chi connectivity index (χ4v) is 2.56. The third kappa shape index (κ3) is 2.85. The van der Waals surface area contributed by atoms with Gasteiger partial charge in [0.15, 0.2) is 0 Å². The minimum absolute atomic E-state index is 0.544. The molecular weight excluding hydrogens is 286 g/mol. The smallest absolute Gasteiger partial charge is 0.121 e. The number of ether oxygens (including phenoxy) is 1. The molecule has 108 valence electrons. The van der Waals surface area contributed by atoms with Crippen LogP contribution in [0.15, 0.2) is 42.6 Å². The largest absolute Gasteiger partial charge is 0.497 e. The van der Waals surface area contributed by atoms with Gasteiger partial charge >= 0.3 is 0 Å². The highest BCUT2D eigenvalue weighted by molar-refractivity contribution is 6.17. The Hall–Kier alpha value is -2.07. The van der Waals surface area contributed by atoms with E-state index in [0.29, 0.717) is 12.4 Å². The van der Waals surface area contributed by atoms with E-state index in [-0.39, 0.29) is 0 Å². The lowest BCUT2D eigenvalue weighted by Gasteiger charge is -2.08. The molecule has 0 radical (unpaired) electrons. The number of nitrogens with zero attached hydrogens (tertiary/aromatic N) is 3. The molecule has 21 heavy (non-hydrogen) atoms. The number of hydrogen-bond acceptors (Lipinski definition) is 3. The SMILES string of the molecule is COc1ccc2c(c1)nc(CCCl)n2Cc1ccccn1. The normalized spacial score (nSPS) is 11.0. The predicted octanol–water partition coefficient (Wildman–Crippen LogP) is 3.27. The van der Waals surface area contributed by atoms with Crippen LogP contribution in [0, 0.1) is 0 Å². The molecule has 0 saturated carbocycles. The summed E-state index contributed by atoms with van der Waals surface area (Å²) in [5, 5.41) is 0. The summed E-state index contributed by atoms with van der Waals surface area (Å²) < 4.78 is 7.43. The number of hydrogen-bond donors (Lipinski definition) is 0. The molecule has 0 aliphatic carbocycles. The lowest BCUT2D eigenvalue weighted by Crippen LogP contribution is -2.07. The van der Waals surface area contributed by atoms with Gasteiger partial charge in [-0.3, -0.25) is 4.98 Å². The minimum atomic E-state index is 0.544. The lowest BCUT2D eigenvalue weighted by molar-refractivity contribution is 0.415. The van der Waals surface area contributed by atoms with Gasteiger partial charge in [0.1, 0.15) is 11.6 Å². The summed E-state index contributed by atoms with van der Waals surface area (Å²) in [5.74, 6) is 2.32. The van der Waals surface area contributed by atoms with E-state index in [9.17, 15) is 0 Å². The zero-order valence-corrected chi connectivity index (χ0v) is 12.5. The number of benzene rings is 1. The van der Waals surface area contributed by atoms with E-state index in [0.717, 1.165) is 34.7 Å². The first kappa shape index (κ1) is 13.9. The Bertz CT molecular complexity index is 740. The molecule has 0 N–H and O–H groups in total. The third-order valence-electron chi connectivity index (χ3n) is 3.40. The molecule has 0 unspecified atom stereocenters. The average molecular weight is 302 g/mol. The van der Waals surface area contributed by atoms with Crippen LogP contribution in [0.1, 0.15) is 11.5 Å². The summed E-state index contributed by atoms with van der Waals surface area (Å²) in [5.41, 5.74) is 3.00. The van der Waals surface area contributed by atoms with E-state index in [4.69, 9.17) is 16.3 Å². The van der Waals surface area contributed by atoms with Crippen molar-refractivity contribution in [2.75, 3.05) is 13.0 Å². The number of fused-ring (bicyclic) bond motifs is 1. The molecule has 0 spiro atoms. The van der Waals surface area contributed by atoms with Crippen molar-refractivity contribution >= 4 is 22.6 Å². The zero-order chi connectivity index (χ0) is 14.7. The molecule has 0 saturated heterocycles. The molecule has 3 aromatic rings. The quantitative estimate of drug-likeness (QED) is 0.679. The van der Waals surface area contributed by atoms with Crippen molar-refractivity contribution in [1.29, 1.82) is 0 Å². The molecule has 0 aliphatic rings. The highest BCUT2D eigenvalue weighted by Crippen LogP contribution is 2.23. The predicted molar refractivity (Wildman–Crippen MR) is 84.0 cm³/mol. The fourth-order valence-electron chi connectivity index (χ4n) is 2.39. The number of aromatic nitrogens is 3. The molecule has 1 aromatic carbocycles. The Balaban J connectivity index is 2.07. The molecule has 5 heteroatoms. The number of pyridine rings is 1. The van der Waals surface area contributed by atoms with Gasteiger partial charge in [0.05, 0.1) is 30.4 Å². The second kappa shape index (κ2) is 6.14. The maximum absolute atomic E-state index is 5.90. The van der Waals surface area contributed by atoms with Crippen LogP contribution < -0.4 is 4.74 Å². The van der Waals surface area contributed by atoms with Crippen LogP contribution in [-0.2, 0) is 13.0 Å². The van der Waals surface area contributed by atoms with Crippen LogP contribution in [0.4, 0.5) is 0 Å². The summed E-state index contributed by atoms with van der Waals surface area (Å²) in [6.45, 7) is 0.690. The van der Waals surface area contributed by atoms with Gasteiger partial charge in [-0.1, -0.05) is 6.07 Å². The highest BCUT2D eigenvalue weighted by Gasteiger charge is 2.12. The number of halogens is 1. The van der Waals surface area contributed by atoms with Crippen LogP contribution in [0.2, 0.25) is 0 Å². The number of imidazole rings is 1. The molecule has 0 bridgehead atoms. The average Bonchev–Trinajstić information content (AvgIpc) is 2.85. The summed E-state index contributed by atoms with van der Waals surface area (Å²) >= 11 is 5.90. The van der Waals surface area contributed by atoms with Gasteiger partial charge in [-0.15, -0.1) is 11.6 Å². The number of aryl methyl sites for hydroxylation is 1. The van der Waals surface area contributed by atoms with E-state index < -0.39 is 0 Å². The Morgan fingerprint density at radius 1 is 1.24 bits per heavy atom. The maximum Gasteiger partial charge on any atom is 0.121 e. The Morgan fingerprint density at radius 3 is 2.86 bits per heavy atom. The van der Waals surface area contributed by atoms with Gasteiger partial charge in [0, 0.05) is 24.6 Å². The van der Waals surface area contributed by atoms with Gasteiger partial charge in [0.25, 0.3) is 0 Å². The van der Waals surface area contributed by atoms with Crippen molar-refractivity contribution < 1.29 is 4.74 Å². The Morgan fingerprint density at radius 2 is 2.14 bits per heavy atom. The summed E-state index contributed by atoms with van der Waals surface area (Å²) in [7, 11) is 1.66. The van der Waals surface area contributed by atoms with Crippen molar-refractivity contribution in [3.63, 3.8) is 0 Å². The van der Waals surface area contributed by atoms with E-state index in [1.54, 1.807) is 13.3 Å². The fraction of sp³-hybridized carbons (Fsp3) is 0.250. The van der Waals surface area contributed by atoms with Crippen LogP contribution >= 0.6 is 11.6 Å². The van der Waals surface area contributed by atoms with E-state index in [2.05, 4.69) is 14.5 Å². The first-order chi connectivity index (χ1) is 10.3. The van der Waals surface area contributed by atoms with Gasteiger partial charge in [0.2, 0.25) is 0 Å². The molecule has 0 aliphatic heterocycles. The lowest BCUT2D eigenvalue weighted by atomic mass is 10.3. The van der Waals surface area contributed by atoms with Crippen molar-refractivity contribution in [3.05, 3.63) is 54.1 Å². The molecular formula is C16H16ClN3O. The van der Waals surface area contributed by atoms with Crippen LogP contribution in [0.5, 0.6) is 5.75 Å². The summed E-state index contributed by atoms with van der Waals surface area (Å²) in [6.07, 6.45) is 2.53.